The van der Waals surface area contributed by atoms with Gasteiger partial charge in [0.25, 0.3) is 5.91 Å². The molecule has 20 heavy (non-hydrogen) atoms. The zero-order valence-electron chi connectivity index (χ0n) is 10.7. The summed E-state index contributed by atoms with van der Waals surface area (Å²) in [5, 5.41) is 0. The molecule has 0 radical (unpaired) electrons. The van der Waals surface area contributed by atoms with Gasteiger partial charge in [0, 0.05) is 13.1 Å². The van der Waals surface area contributed by atoms with Gasteiger partial charge in [-0.1, -0.05) is 6.07 Å². The molecule has 0 spiro atoms. The number of aromatic nitrogens is 1. The smallest absolute Gasteiger partial charge is 0.272 e. The summed E-state index contributed by atoms with van der Waals surface area (Å²) in [7, 11) is 0. The van der Waals surface area contributed by atoms with Gasteiger partial charge >= 0.3 is 0 Å². The molecule has 3 rings (SSSR count). The Kier molecular flexibility index (Phi) is 4.14. The molecule has 4 nitrogen and oxygen atoms in total. The molecule has 0 saturated carbocycles. The van der Waals surface area contributed by atoms with E-state index >= 15 is 0 Å². The molecule has 0 bridgehead atoms. The van der Waals surface area contributed by atoms with E-state index in [-0.39, 0.29) is 5.91 Å². The Hall–Kier alpha value is -1.24. The number of carbonyl (C=O) groups excluding carboxylic acids is 1. The van der Waals surface area contributed by atoms with Crippen molar-refractivity contribution in [2.75, 3.05) is 26.3 Å². The van der Waals surface area contributed by atoms with Gasteiger partial charge in [-0.25, -0.2) is 4.98 Å². The largest absolute Gasteiger partial charge is 0.378 e. The first-order chi connectivity index (χ1) is 9.74. The minimum absolute atomic E-state index is 0.0224. The molecule has 0 atom stereocenters. The molecular formula is C14H13BrN2O2S. The second-order valence-corrected chi connectivity index (χ2v) is 6.88. The average Bonchev–Trinajstić information content (AvgIpc) is 2.94. The molecule has 104 valence electrons. The second kappa shape index (κ2) is 6.03. The van der Waals surface area contributed by atoms with E-state index in [4.69, 9.17) is 4.74 Å². The number of morpholine rings is 1. The second-order valence-electron chi connectivity index (χ2n) is 4.42. The monoisotopic (exact) mass is 352 g/mol. The summed E-state index contributed by atoms with van der Waals surface area (Å²) < 4.78 is 6.32. The van der Waals surface area contributed by atoms with Crippen LogP contribution >= 0.6 is 27.3 Å². The van der Waals surface area contributed by atoms with Crippen LogP contribution in [0.4, 0.5) is 0 Å². The quantitative estimate of drug-likeness (QED) is 0.834. The van der Waals surface area contributed by atoms with Crippen LogP contribution < -0.4 is 0 Å². The molecule has 1 amide bonds. The van der Waals surface area contributed by atoms with Crippen LogP contribution in [-0.2, 0) is 4.74 Å². The zero-order valence-corrected chi connectivity index (χ0v) is 13.1. The van der Waals surface area contributed by atoms with Crippen LogP contribution in [0.3, 0.4) is 0 Å². The van der Waals surface area contributed by atoms with E-state index in [2.05, 4.69) is 20.9 Å². The Morgan fingerprint density at radius 1 is 1.25 bits per heavy atom. The molecular weight excluding hydrogens is 340 g/mol. The van der Waals surface area contributed by atoms with E-state index in [1.165, 1.54) is 0 Å². The number of pyridine rings is 1. The number of hydrogen-bond acceptors (Lipinski definition) is 4. The fourth-order valence-electron chi connectivity index (χ4n) is 2.07. The highest BCUT2D eigenvalue weighted by Gasteiger charge is 2.20. The van der Waals surface area contributed by atoms with Gasteiger partial charge < -0.3 is 9.64 Å². The molecule has 0 aliphatic carbocycles. The Morgan fingerprint density at radius 2 is 2.05 bits per heavy atom. The Bertz CT molecular complexity index is 623. The number of halogens is 1. The van der Waals surface area contributed by atoms with Crippen molar-refractivity contribution < 1.29 is 9.53 Å². The average molecular weight is 353 g/mol. The lowest BCUT2D eigenvalue weighted by atomic mass is 10.2. The Morgan fingerprint density at radius 3 is 2.75 bits per heavy atom. The van der Waals surface area contributed by atoms with Gasteiger partial charge in [-0.3, -0.25) is 4.79 Å². The molecule has 1 saturated heterocycles. The van der Waals surface area contributed by atoms with Crippen LogP contribution in [0.2, 0.25) is 0 Å². The number of amides is 1. The summed E-state index contributed by atoms with van der Waals surface area (Å²) in [4.78, 5) is 19.7. The molecule has 6 heteroatoms. The molecule has 1 aliphatic heterocycles. The van der Waals surface area contributed by atoms with Crippen molar-refractivity contribution in [3.05, 3.63) is 39.8 Å². The van der Waals surface area contributed by atoms with Crippen molar-refractivity contribution in [2.45, 2.75) is 0 Å². The first-order valence-corrected chi connectivity index (χ1v) is 7.95. The fourth-order valence-corrected chi connectivity index (χ4v) is 3.43. The number of ether oxygens (including phenoxy) is 1. The third-order valence-corrected chi connectivity index (χ3v) is 4.74. The summed E-state index contributed by atoms with van der Waals surface area (Å²) in [6, 6.07) is 9.56. The summed E-state index contributed by atoms with van der Waals surface area (Å²) in [5.74, 6) is -0.0224. The maximum absolute atomic E-state index is 12.4. The van der Waals surface area contributed by atoms with Gasteiger partial charge in [0.2, 0.25) is 0 Å². The first-order valence-electron chi connectivity index (χ1n) is 6.34. The molecule has 0 unspecified atom stereocenters. The van der Waals surface area contributed by atoms with Crippen molar-refractivity contribution in [2.24, 2.45) is 0 Å². The number of carbonyl (C=O) groups is 1. The van der Waals surface area contributed by atoms with Crippen molar-refractivity contribution in [1.29, 1.82) is 0 Å². The van der Waals surface area contributed by atoms with Gasteiger partial charge in [0.05, 0.1) is 27.6 Å². The molecule has 0 aromatic carbocycles. The predicted molar refractivity (Wildman–Crippen MR) is 82.0 cm³/mol. The van der Waals surface area contributed by atoms with Crippen molar-refractivity contribution >= 4 is 33.2 Å². The summed E-state index contributed by atoms with van der Waals surface area (Å²) in [6.07, 6.45) is 0. The SMILES string of the molecule is O=C(c1cccc(-c2ccc(Br)s2)n1)N1CCOCC1. The maximum atomic E-state index is 12.4. The van der Waals surface area contributed by atoms with Crippen LogP contribution in [0.25, 0.3) is 10.6 Å². The van der Waals surface area contributed by atoms with Crippen LogP contribution in [0, 0.1) is 0 Å². The van der Waals surface area contributed by atoms with Crippen molar-refractivity contribution in [3.8, 4) is 10.6 Å². The van der Waals surface area contributed by atoms with Gasteiger partial charge in [-0.15, -0.1) is 11.3 Å². The zero-order chi connectivity index (χ0) is 13.9. The summed E-state index contributed by atoms with van der Waals surface area (Å²) in [5.41, 5.74) is 1.33. The van der Waals surface area contributed by atoms with E-state index in [1.807, 2.05) is 24.3 Å². The predicted octanol–water partition coefficient (Wildman–Crippen LogP) is 3.05. The normalized spacial score (nSPS) is 15.3. The molecule has 2 aromatic rings. The van der Waals surface area contributed by atoms with Crippen LogP contribution in [-0.4, -0.2) is 42.1 Å². The number of hydrogen-bond donors (Lipinski definition) is 0. The van der Waals surface area contributed by atoms with E-state index in [9.17, 15) is 4.79 Å². The minimum Gasteiger partial charge on any atom is -0.378 e. The summed E-state index contributed by atoms with van der Waals surface area (Å²) >= 11 is 5.05. The standard InChI is InChI=1S/C14H13BrN2O2S/c15-13-5-4-12(20-13)10-2-1-3-11(16-10)14(18)17-6-8-19-9-7-17/h1-5H,6-9H2. The Balaban J connectivity index is 1.85. The van der Waals surface area contributed by atoms with Crippen molar-refractivity contribution in [1.82, 2.24) is 9.88 Å². The minimum atomic E-state index is -0.0224. The van der Waals surface area contributed by atoms with Crippen LogP contribution in [0.15, 0.2) is 34.1 Å². The van der Waals surface area contributed by atoms with E-state index in [1.54, 1.807) is 22.3 Å². The first kappa shape index (κ1) is 13.7. The highest BCUT2D eigenvalue weighted by molar-refractivity contribution is 9.11. The van der Waals surface area contributed by atoms with E-state index in [0.717, 1.165) is 14.4 Å². The third kappa shape index (κ3) is 2.92. The molecule has 1 fully saturated rings. The topological polar surface area (TPSA) is 42.4 Å². The number of nitrogens with zero attached hydrogens (tertiary/aromatic N) is 2. The van der Waals surface area contributed by atoms with E-state index < -0.39 is 0 Å². The molecule has 3 heterocycles. The molecule has 1 aliphatic rings. The Labute approximate surface area is 129 Å². The fraction of sp³-hybridized carbons (Fsp3) is 0.286. The van der Waals surface area contributed by atoms with Crippen LogP contribution in [0.1, 0.15) is 10.5 Å². The van der Waals surface area contributed by atoms with Gasteiger partial charge in [0.1, 0.15) is 5.69 Å². The van der Waals surface area contributed by atoms with Gasteiger partial charge in [0.15, 0.2) is 0 Å². The van der Waals surface area contributed by atoms with Gasteiger partial charge in [-0.05, 0) is 40.2 Å². The highest BCUT2D eigenvalue weighted by Crippen LogP contribution is 2.30. The molecule has 2 aromatic heterocycles. The third-order valence-electron chi connectivity index (χ3n) is 3.09. The lowest BCUT2D eigenvalue weighted by molar-refractivity contribution is 0.0299. The summed E-state index contributed by atoms with van der Waals surface area (Å²) in [6.45, 7) is 2.47. The van der Waals surface area contributed by atoms with Gasteiger partial charge in [-0.2, -0.15) is 0 Å². The highest BCUT2D eigenvalue weighted by atomic mass is 79.9. The lowest BCUT2D eigenvalue weighted by Crippen LogP contribution is -2.41. The number of rotatable bonds is 2. The van der Waals surface area contributed by atoms with Crippen LogP contribution in [0.5, 0.6) is 0 Å². The lowest BCUT2D eigenvalue weighted by Gasteiger charge is -2.26. The number of thiophene rings is 1. The van der Waals surface area contributed by atoms with Crippen molar-refractivity contribution in [3.63, 3.8) is 0 Å². The maximum Gasteiger partial charge on any atom is 0.272 e. The molecule has 0 N–H and O–H groups in total. The van der Waals surface area contributed by atoms with E-state index in [0.29, 0.717) is 32.0 Å².